The SMILES string of the molecule is CO/C=C(/C(=O)OC)c1cccc(C)c1CO/N=C1\CCc2c(Br)cccc21. The lowest BCUT2D eigenvalue weighted by Gasteiger charge is -2.13. The average Bonchev–Trinajstić information content (AvgIpc) is 3.11. The Hall–Kier alpha value is -2.60. The Bertz CT molecular complexity index is 950. The van der Waals surface area contributed by atoms with Crippen LogP contribution in [0.3, 0.4) is 0 Å². The molecule has 2 aromatic carbocycles. The highest BCUT2D eigenvalue weighted by atomic mass is 79.9. The third kappa shape index (κ3) is 4.12. The topological polar surface area (TPSA) is 57.1 Å². The first-order valence-electron chi connectivity index (χ1n) is 8.93. The quantitative estimate of drug-likeness (QED) is 0.278. The summed E-state index contributed by atoms with van der Waals surface area (Å²) in [5, 5.41) is 4.38. The van der Waals surface area contributed by atoms with Gasteiger partial charge in [-0.25, -0.2) is 4.79 Å². The van der Waals surface area contributed by atoms with Crippen LogP contribution in [0.4, 0.5) is 0 Å². The van der Waals surface area contributed by atoms with Crippen LogP contribution in [0.5, 0.6) is 0 Å². The number of rotatable bonds is 6. The Labute approximate surface area is 173 Å². The molecule has 0 unspecified atom stereocenters. The van der Waals surface area contributed by atoms with Gasteiger partial charge in [0.2, 0.25) is 0 Å². The summed E-state index contributed by atoms with van der Waals surface area (Å²) < 4.78 is 11.1. The van der Waals surface area contributed by atoms with Gasteiger partial charge in [-0.3, -0.25) is 0 Å². The van der Waals surface area contributed by atoms with Gasteiger partial charge in [0.15, 0.2) is 0 Å². The molecule has 5 nitrogen and oxygen atoms in total. The van der Waals surface area contributed by atoms with Crippen LogP contribution < -0.4 is 0 Å². The molecule has 28 heavy (non-hydrogen) atoms. The number of halogens is 1. The Morgan fingerprint density at radius 3 is 2.71 bits per heavy atom. The standard InChI is InChI=1S/C22H22BrNO4/c1-14-6-4-7-15(19(12-26-2)22(25)27-3)18(14)13-28-24-21-11-10-16-17(21)8-5-9-20(16)23/h4-9,12H,10-11,13H2,1-3H3/b19-12+,24-21+. The number of carbonyl (C=O) groups is 1. The molecule has 0 fully saturated rings. The highest BCUT2D eigenvalue weighted by Gasteiger charge is 2.21. The second-order valence-electron chi connectivity index (χ2n) is 6.44. The average molecular weight is 444 g/mol. The van der Waals surface area contributed by atoms with Gasteiger partial charge in [0, 0.05) is 15.6 Å². The summed E-state index contributed by atoms with van der Waals surface area (Å²) in [6.07, 6.45) is 3.17. The maximum absolute atomic E-state index is 12.2. The molecule has 3 rings (SSSR count). The highest BCUT2D eigenvalue weighted by Crippen LogP contribution is 2.30. The van der Waals surface area contributed by atoms with Gasteiger partial charge in [0.25, 0.3) is 0 Å². The predicted octanol–water partition coefficient (Wildman–Crippen LogP) is 4.78. The molecule has 0 radical (unpaired) electrons. The second kappa shape index (κ2) is 9.06. The molecule has 146 valence electrons. The van der Waals surface area contributed by atoms with Gasteiger partial charge in [0.05, 0.1) is 26.2 Å². The van der Waals surface area contributed by atoms with Gasteiger partial charge in [-0.1, -0.05) is 51.4 Å². The van der Waals surface area contributed by atoms with E-state index in [4.69, 9.17) is 14.3 Å². The van der Waals surface area contributed by atoms with E-state index in [1.54, 1.807) is 0 Å². The van der Waals surface area contributed by atoms with Crippen LogP contribution in [0.2, 0.25) is 0 Å². The minimum Gasteiger partial charge on any atom is -0.503 e. The number of benzene rings is 2. The molecule has 0 aliphatic heterocycles. The van der Waals surface area contributed by atoms with Crippen LogP contribution in [0, 0.1) is 6.92 Å². The van der Waals surface area contributed by atoms with Gasteiger partial charge in [0.1, 0.15) is 12.2 Å². The Morgan fingerprint density at radius 1 is 1.18 bits per heavy atom. The van der Waals surface area contributed by atoms with Crippen molar-refractivity contribution in [1.82, 2.24) is 0 Å². The smallest absolute Gasteiger partial charge is 0.341 e. The molecule has 0 atom stereocenters. The molecule has 0 saturated heterocycles. The minimum absolute atomic E-state index is 0.243. The normalized spacial score (nSPS) is 14.7. The number of nitrogens with zero attached hydrogens (tertiary/aromatic N) is 1. The summed E-state index contributed by atoms with van der Waals surface area (Å²) in [6, 6.07) is 11.8. The summed E-state index contributed by atoms with van der Waals surface area (Å²) in [5.74, 6) is -0.463. The van der Waals surface area contributed by atoms with Gasteiger partial charge in [-0.15, -0.1) is 0 Å². The van der Waals surface area contributed by atoms with Crippen LogP contribution in [0.25, 0.3) is 5.57 Å². The number of ether oxygens (including phenoxy) is 2. The van der Waals surface area contributed by atoms with Crippen molar-refractivity contribution in [3.05, 3.63) is 75.0 Å². The van der Waals surface area contributed by atoms with E-state index >= 15 is 0 Å². The number of carbonyl (C=O) groups excluding carboxylic acids is 1. The van der Waals surface area contributed by atoms with Gasteiger partial charge >= 0.3 is 5.97 Å². The Kier molecular flexibility index (Phi) is 6.52. The third-order valence-electron chi connectivity index (χ3n) is 4.77. The van der Waals surface area contributed by atoms with Crippen LogP contribution in [-0.2, 0) is 32.1 Å². The van der Waals surface area contributed by atoms with E-state index in [9.17, 15) is 4.79 Å². The fraction of sp³-hybridized carbons (Fsp3) is 0.273. The van der Waals surface area contributed by atoms with Crippen LogP contribution >= 0.6 is 15.9 Å². The van der Waals surface area contributed by atoms with Crippen LogP contribution in [0.15, 0.2) is 52.3 Å². The van der Waals surface area contributed by atoms with Crippen molar-refractivity contribution in [3.8, 4) is 0 Å². The van der Waals surface area contributed by atoms with Gasteiger partial charge < -0.3 is 14.3 Å². The minimum atomic E-state index is -0.463. The molecule has 0 aromatic heterocycles. The summed E-state index contributed by atoms with van der Waals surface area (Å²) in [4.78, 5) is 17.9. The van der Waals surface area contributed by atoms with Crippen molar-refractivity contribution >= 4 is 33.2 Å². The highest BCUT2D eigenvalue weighted by molar-refractivity contribution is 9.10. The summed E-state index contributed by atoms with van der Waals surface area (Å²) in [5.41, 5.74) is 6.24. The van der Waals surface area contributed by atoms with E-state index < -0.39 is 5.97 Å². The lowest BCUT2D eigenvalue weighted by molar-refractivity contribution is -0.133. The van der Waals surface area contributed by atoms with Crippen molar-refractivity contribution in [3.63, 3.8) is 0 Å². The summed E-state index contributed by atoms with van der Waals surface area (Å²) in [7, 11) is 2.84. The number of fused-ring (bicyclic) bond motifs is 1. The fourth-order valence-corrected chi connectivity index (χ4v) is 3.89. The van der Waals surface area contributed by atoms with Gasteiger partial charge in [-0.05, 0) is 42.5 Å². The zero-order valence-electron chi connectivity index (χ0n) is 16.1. The maximum atomic E-state index is 12.2. The summed E-state index contributed by atoms with van der Waals surface area (Å²) in [6.45, 7) is 2.21. The first kappa shape index (κ1) is 20.1. The lowest BCUT2D eigenvalue weighted by atomic mass is 9.97. The molecule has 0 saturated carbocycles. The van der Waals surface area contributed by atoms with Crippen molar-refractivity contribution in [2.45, 2.75) is 26.4 Å². The summed E-state index contributed by atoms with van der Waals surface area (Å²) >= 11 is 3.59. The van der Waals surface area contributed by atoms with Crippen molar-refractivity contribution in [2.75, 3.05) is 14.2 Å². The molecule has 0 N–H and O–H groups in total. The fourth-order valence-electron chi connectivity index (χ4n) is 3.33. The van der Waals surface area contributed by atoms with E-state index in [1.807, 2.05) is 37.3 Å². The number of methoxy groups -OCH3 is 2. The van der Waals surface area contributed by atoms with Crippen molar-refractivity contribution < 1.29 is 19.1 Å². The zero-order valence-corrected chi connectivity index (χ0v) is 17.7. The molecule has 0 amide bonds. The largest absolute Gasteiger partial charge is 0.503 e. The molecule has 0 spiro atoms. The van der Waals surface area contributed by atoms with Crippen molar-refractivity contribution in [2.24, 2.45) is 5.16 Å². The number of hydrogen-bond donors (Lipinski definition) is 0. The second-order valence-corrected chi connectivity index (χ2v) is 7.29. The van der Waals surface area contributed by atoms with E-state index in [2.05, 4.69) is 27.2 Å². The zero-order chi connectivity index (χ0) is 20.1. The molecule has 6 heteroatoms. The van der Waals surface area contributed by atoms with E-state index in [0.29, 0.717) is 11.1 Å². The Balaban J connectivity index is 1.86. The Morgan fingerprint density at radius 2 is 1.96 bits per heavy atom. The first-order chi connectivity index (χ1) is 13.6. The molecule has 1 aliphatic rings. The third-order valence-corrected chi connectivity index (χ3v) is 5.51. The van der Waals surface area contributed by atoms with E-state index in [0.717, 1.165) is 39.7 Å². The van der Waals surface area contributed by atoms with Crippen molar-refractivity contribution in [1.29, 1.82) is 0 Å². The molecular weight excluding hydrogens is 422 g/mol. The van der Waals surface area contributed by atoms with E-state index in [-0.39, 0.29) is 6.61 Å². The lowest BCUT2D eigenvalue weighted by Crippen LogP contribution is -2.08. The molecule has 0 heterocycles. The van der Waals surface area contributed by atoms with E-state index in [1.165, 1.54) is 26.0 Å². The predicted molar refractivity (Wildman–Crippen MR) is 112 cm³/mol. The number of esters is 1. The number of hydrogen-bond acceptors (Lipinski definition) is 5. The van der Waals surface area contributed by atoms with Crippen LogP contribution in [0.1, 0.15) is 34.2 Å². The first-order valence-corrected chi connectivity index (χ1v) is 9.72. The molecular formula is C22H22BrNO4. The monoisotopic (exact) mass is 443 g/mol. The molecule has 2 aromatic rings. The number of aryl methyl sites for hydroxylation is 1. The molecule has 0 bridgehead atoms. The molecule has 1 aliphatic carbocycles. The van der Waals surface area contributed by atoms with Gasteiger partial charge in [-0.2, -0.15) is 0 Å². The maximum Gasteiger partial charge on any atom is 0.341 e. The van der Waals surface area contributed by atoms with Crippen LogP contribution in [-0.4, -0.2) is 25.9 Å². The number of oxime groups is 1.